The summed E-state index contributed by atoms with van der Waals surface area (Å²) in [5.41, 5.74) is 9.55. The van der Waals surface area contributed by atoms with Crippen molar-refractivity contribution in [2.24, 2.45) is 11.3 Å². The van der Waals surface area contributed by atoms with Crippen LogP contribution in [-0.4, -0.2) is 68.8 Å². The Labute approximate surface area is 223 Å². The Bertz CT molecular complexity index is 1410. The Morgan fingerprint density at radius 1 is 0.947 bits per heavy atom. The molecule has 2 aromatic carbocycles. The molecule has 38 heavy (non-hydrogen) atoms. The van der Waals surface area contributed by atoms with Gasteiger partial charge in [0, 0.05) is 44.3 Å². The molecular weight excluding hydrogens is 474 g/mol. The molecule has 2 aliphatic heterocycles. The van der Waals surface area contributed by atoms with E-state index in [4.69, 9.17) is 15.6 Å². The summed E-state index contributed by atoms with van der Waals surface area (Å²) in [6, 6.07) is 18.6. The molecule has 0 unspecified atom stereocenters. The van der Waals surface area contributed by atoms with Gasteiger partial charge in [-0.05, 0) is 80.5 Å². The van der Waals surface area contributed by atoms with Crippen molar-refractivity contribution in [2.45, 2.75) is 38.3 Å². The number of hydrogen-bond donors (Lipinski definition) is 1. The quantitative estimate of drug-likeness (QED) is 0.404. The number of hydrogen-bond acceptors (Lipinski definition) is 7. The van der Waals surface area contributed by atoms with Gasteiger partial charge in [0.15, 0.2) is 5.65 Å². The summed E-state index contributed by atoms with van der Waals surface area (Å²) in [6.45, 7) is 5.93. The van der Waals surface area contributed by atoms with Crippen molar-refractivity contribution in [2.75, 3.05) is 39.0 Å². The number of fused-ring (bicyclic) bond motifs is 1. The molecule has 8 heteroatoms. The van der Waals surface area contributed by atoms with Crippen LogP contribution >= 0.6 is 0 Å². The van der Waals surface area contributed by atoms with Gasteiger partial charge in [-0.25, -0.2) is 14.6 Å². The van der Waals surface area contributed by atoms with Gasteiger partial charge >= 0.3 is 0 Å². The van der Waals surface area contributed by atoms with E-state index in [9.17, 15) is 0 Å². The summed E-state index contributed by atoms with van der Waals surface area (Å²) in [6.07, 6.45) is 6.70. The molecule has 2 saturated heterocycles. The lowest BCUT2D eigenvalue weighted by molar-refractivity contribution is -0.0965. The molecular formula is C30H35N7O. The van der Waals surface area contributed by atoms with Crippen LogP contribution in [0.3, 0.4) is 0 Å². The first-order valence-electron chi connectivity index (χ1n) is 13.8. The van der Waals surface area contributed by atoms with E-state index in [0.29, 0.717) is 17.2 Å². The largest absolute Gasteiger partial charge is 0.457 e. The van der Waals surface area contributed by atoms with Crippen LogP contribution in [0.5, 0.6) is 11.5 Å². The van der Waals surface area contributed by atoms with Gasteiger partial charge in [0.1, 0.15) is 29.3 Å². The number of likely N-dealkylation sites (N-methyl/N-ethyl adjacent to an activating group) is 1. The minimum absolute atomic E-state index is 0.472. The minimum Gasteiger partial charge on any atom is -0.457 e. The molecule has 196 valence electrons. The fraction of sp³-hybridized carbons (Fsp3) is 0.433. The third-order valence-corrected chi connectivity index (χ3v) is 8.90. The van der Waals surface area contributed by atoms with E-state index in [-0.39, 0.29) is 0 Å². The zero-order valence-corrected chi connectivity index (χ0v) is 22.0. The lowest BCUT2D eigenvalue weighted by Gasteiger charge is -2.59. The van der Waals surface area contributed by atoms with Gasteiger partial charge in [-0.3, -0.25) is 4.90 Å². The zero-order valence-electron chi connectivity index (χ0n) is 22.0. The van der Waals surface area contributed by atoms with Crippen molar-refractivity contribution in [3.63, 3.8) is 0 Å². The Morgan fingerprint density at radius 3 is 2.37 bits per heavy atom. The highest BCUT2D eigenvalue weighted by atomic mass is 16.5. The number of benzene rings is 2. The van der Waals surface area contributed by atoms with Crippen LogP contribution in [0.25, 0.3) is 22.3 Å². The molecule has 1 spiro atoms. The lowest BCUT2D eigenvalue weighted by atomic mass is 9.65. The van der Waals surface area contributed by atoms with Crippen LogP contribution in [0.1, 0.15) is 25.7 Å². The van der Waals surface area contributed by atoms with Gasteiger partial charge < -0.3 is 15.4 Å². The Morgan fingerprint density at radius 2 is 1.66 bits per heavy atom. The van der Waals surface area contributed by atoms with Crippen LogP contribution in [0.2, 0.25) is 0 Å². The summed E-state index contributed by atoms with van der Waals surface area (Å²) in [5.74, 6) is 2.67. The number of aromatic nitrogens is 4. The maximum atomic E-state index is 6.36. The molecule has 0 radical (unpaired) electrons. The predicted molar refractivity (Wildman–Crippen MR) is 149 cm³/mol. The molecule has 2 N–H and O–H groups in total. The van der Waals surface area contributed by atoms with Crippen molar-refractivity contribution in [3.8, 4) is 22.8 Å². The lowest BCUT2D eigenvalue weighted by Crippen LogP contribution is -2.68. The van der Waals surface area contributed by atoms with Crippen molar-refractivity contribution in [1.82, 2.24) is 29.5 Å². The fourth-order valence-electron chi connectivity index (χ4n) is 6.67. The predicted octanol–water partition coefficient (Wildman–Crippen LogP) is 4.67. The number of para-hydroxylation sites is 1. The van der Waals surface area contributed by atoms with E-state index in [1.807, 2.05) is 54.6 Å². The molecule has 0 amide bonds. The summed E-state index contributed by atoms with van der Waals surface area (Å²) in [5, 5.41) is 5.87. The summed E-state index contributed by atoms with van der Waals surface area (Å²) < 4.78 is 8.04. The van der Waals surface area contributed by atoms with Crippen LogP contribution in [-0.2, 0) is 6.54 Å². The first-order valence-corrected chi connectivity index (χ1v) is 13.8. The smallest absolute Gasteiger partial charge is 0.163 e. The van der Waals surface area contributed by atoms with E-state index in [1.165, 1.54) is 51.9 Å². The minimum atomic E-state index is 0.472. The Hall–Kier alpha value is -3.49. The van der Waals surface area contributed by atoms with Crippen molar-refractivity contribution < 1.29 is 4.74 Å². The molecule has 2 aromatic heterocycles. The molecule has 8 nitrogen and oxygen atoms in total. The zero-order chi connectivity index (χ0) is 25.7. The average molecular weight is 510 g/mol. The van der Waals surface area contributed by atoms with Crippen molar-refractivity contribution in [1.29, 1.82) is 0 Å². The van der Waals surface area contributed by atoms with Gasteiger partial charge in [0.05, 0.1) is 5.39 Å². The molecule has 3 fully saturated rings. The van der Waals surface area contributed by atoms with E-state index >= 15 is 0 Å². The van der Waals surface area contributed by atoms with Gasteiger partial charge in [0.25, 0.3) is 0 Å². The standard InChI is InChI=1S/C30H35N7O/c1-35-16-23(17-35)36-18-30(19-36)13-11-21(12-14-30)15-37-29-26(28(31)32-20-33-29)27(34-37)22-7-9-25(10-8-22)38-24-5-3-2-4-6-24/h2-10,20-21,23H,11-19H2,1H3,(H2,31,32,33). The topological polar surface area (TPSA) is 85.3 Å². The number of nitrogens with two attached hydrogens (primary N) is 1. The molecule has 4 aromatic rings. The molecule has 3 aliphatic rings. The summed E-state index contributed by atoms with van der Waals surface area (Å²) in [7, 11) is 2.22. The van der Waals surface area contributed by atoms with Crippen molar-refractivity contribution in [3.05, 3.63) is 60.9 Å². The number of rotatable bonds is 6. The van der Waals surface area contributed by atoms with Crippen LogP contribution in [0.15, 0.2) is 60.9 Å². The summed E-state index contributed by atoms with van der Waals surface area (Å²) >= 11 is 0. The van der Waals surface area contributed by atoms with Crippen LogP contribution in [0.4, 0.5) is 5.82 Å². The fourth-order valence-corrected chi connectivity index (χ4v) is 6.67. The van der Waals surface area contributed by atoms with Crippen LogP contribution in [0, 0.1) is 11.3 Å². The monoisotopic (exact) mass is 509 g/mol. The SMILES string of the molecule is CN1CC(N2CC3(CCC(Cn4nc(-c5ccc(Oc6ccccc6)cc5)c5c(N)ncnc54)CC3)C2)C1. The third kappa shape index (κ3) is 4.31. The molecule has 7 rings (SSSR count). The first kappa shape index (κ1) is 23.6. The number of nitrogens with zero attached hydrogens (tertiary/aromatic N) is 6. The van der Waals surface area contributed by atoms with Gasteiger partial charge in [0.2, 0.25) is 0 Å². The Balaban J connectivity index is 1.06. The second-order valence-corrected chi connectivity index (χ2v) is 11.7. The number of anilines is 1. The van der Waals surface area contributed by atoms with Crippen LogP contribution < -0.4 is 10.5 Å². The molecule has 0 atom stereocenters. The molecule has 0 bridgehead atoms. The van der Waals surface area contributed by atoms with E-state index in [1.54, 1.807) is 6.33 Å². The number of likely N-dealkylation sites (tertiary alicyclic amines) is 2. The van der Waals surface area contributed by atoms with E-state index < -0.39 is 0 Å². The van der Waals surface area contributed by atoms with Crippen molar-refractivity contribution >= 4 is 16.9 Å². The normalized spacial score (nSPS) is 20.4. The summed E-state index contributed by atoms with van der Waals surface area (Å²) in [4.78, 5) is 14.0. The van der Waals surface area contributed by atoms with Gasteiger partial charge in [-0.15, -0.1) is 0 Å². The number of nitrogen functional groups attached to an aromatic ring is 1. The Kier molecular flexibility index (Phi) is 5.82. The second kappa shape index (κ2) is 9.36. The van der Waals surface area contributed by atoms with Gasteiger partial charge in [-0.1, -0.05) is 18.2 Å². The highest BCUT2D eigenvalue weighted by molar-refractivity contribution is 5.98. The highest BCUT2D eigenvalue weighted by Gasteiger charge is 2.48. The molecule has 1 saturated carbocycles. The maximum Gasteiger partial charge on any atom is 0.163 e. The van der Waals surface area contributed by atoms with Gasteiger partial charge in [-0.2, -0.15) is 5.10 Å². The second-order valence-electron chi connectivity index (χ2n) is 11.7. The highest BCUT2D eigenvalue weighted by Crippen LogP contribution is 2.47. The maximum absolute atomic E-state index is 6.36. The number of ether oxygens (including phenoxy) is 1. The molecule has 4 heterocycles. The molecule has 1 aliphatic carbocycles. The van der Waals surface area contributed by atoms with E-state index in [2.05, 4.69) is 31.5 Å². The third-order valence-electron chi connectivity index (χ3n) is 8.90. The van der Waals surface area contributed by atoms with E-state index in [0.717, 1.165) is 46.4 Å². The average Bonchev–Trinajstić information content (AvgIpc) is 3.27. The first-order chi connectivity index (χ1) is 18.6.